The van der Waals surface area contributed by atoms with Crippen molar-refractivity contribution in [1.29, 1.82) is 0 Å². The van der Waals surface area contributed by atoms with Crippen LogP contribution in [0.25, 0.3) is 0 Å². The first-order valence-corrected chi connectivity index (χ1v) is 6.67. The summed E-state index contributed by atoms with van der Waals surface area (Å²) < 4.78 is 26.3. The minimum absolute atomic E-state index is 0.248. The number of hydrogen-bond donors (Lipinski definition) is 1. The largest absolute Gasteiger partial charge is 0.241 e. The molecule has 1 aromatic carbocycles. The molecule has 17 heavy (non-hydrogen) atoms. The Hall–Kier alpha value is -1.72. The van der Waals surface area contributed by atoms with E-state index in [1.54, 1.807) is 36.5 Å². The average Bonchev–Trinajstić information content (AvgIpc) is 2.39. The highest BCUT2D eigenvalue weighted by Gasteiger charge is 2.13. The zero-order valence-electron chi connectivity index (χ0n) is 9.13. The third kappa shape index (κ3) is 3.12. The van der Waals surface area contributed by atoms with Crippen LogP contribution in [0.3, 0.4) is 0 Å². The zero-order valence-corrected chi connectivity index (χ0v) is 9.94. The highest BCUT2D eigenvalue weighted by Crippen LogP contribution is 2.07. The summed E-state index contributed by atoms with van der Waals surface area (Å²) >= 11 is 0. The molecule has 0 aliphatic rings. The Labute approximate surface area is 100 Å². The van der Waals surface area contributed by atoms with Crippen LogP contribution < -0.4 is 9.71 Å². The number of sulfonamides is 1. The van der Waals surface area contributed by atoms with Gasteiger partial charge in [-0.3, -0.25) is 0 Å². The van der Waals surface area contributed by atoms with Gasteiger partial charge in [0.1, 0.15) is 0 Å². The fourth-order valence-electron chi connectivity index (χ4n) is 1.40. The molecule has 88 valence electrons. The molecule has 0 atom stereocenters. The van der Waals surface area contributed by atoms with Crippen molar-refractivity contribution in [3.8, 4) is 0 Å². The summed E-state index contributed by atoms with van der Waals surface area (Å²) in [6.45, 7) is 0.248. The molecule has 0 amide bonds. The van der Waals surface area contributed by atoms with Crippen molar-refractivity contribution < 1.29 is 13.4 Å². The molecule has 2 N–H and O–H groups in total. The zero-order chi connectivity index (χ0) is 12.1. The molecule has 0 bridgehead atoms. The molecule has 2 rings (SSSR count). The topological polar surface area (TPSA) is 60.3 Å². The number of nitrogens with one attached hydrogen (secondary N) is 2. The monoisotopic (exact) mass is 249 g/mol. The van der Waals surface area contributed by atoms with Gasteiger partial charge in [0.05, 0.1) is 11.4 Å². The number of benzene rings is 1. The SMILES string of the molecule is O=S(=O)(NCc1cccc[nH+]1)c1ccccc1. The Morgan fingerprint density at radius 3 is 2.35 bits per heavy atom. The van der Waals surface area contributed by atoms with Crippen molar-refractivity contribution in [2.75, 3.05) is 0 Å². The van der Waals surface area contributed by atoms with Gasteiger partial charge in [-0.1, -0.05) is 24.3 Å². The summed E-state index contributed by atoms with van der Waals surface area (Å²) in [5, 5.41) is 0. The van der Waals surface area contributed by atoms with Gasteiger partial charge in [-0.05, 0) is 12.1 Å². The molecule has 5 heteroatoms. The van der Waals surface area contributed by atoms with Gasteiger partial charge in [0.2, 0.25) is 10.0 Å². The molecule has 0 aliphatic carbocycles. The van der Waals surface area contributed by atoms with Gasteiger partial charge in [-0.2, -0.15) is 0 Å². The second-order valence-electron chi connectivity index (χ2n) is 3.53. The van der Waals surface area contributed by atoms with Crippen molar-refractivity contribution in [3.05, 3.63) is 60.4 Å². The number of H-pyrrole nitrogens is 1. The Morgan fingerprint density at radius 2 is 1.71 bits per heavy atom. The van der Waals surface area contributed by atoms with E-state index < -0.39 is 10.0 Å². The number of aromatic amines is 1. The van der Waals surface area contributed by atoms with Gasteiger partial charge in [-0.15, -0.1) is 0 Å². The van der Waals surface area contributed by atoms with Crippen LogP contribution in [0.5, 0.6) is 0 Å². The van der Waals surface area contributed by atoms with Crippen LogP contribution >= 0.6 is 0 Å². The maximum absolute atomic E-state index is 11.9. The lowest BCUT2D eigenvalue weighted by Gasteiger charge is -2.03. The first kappa shape index (κ1) is 11.8. The first-order chi connectivity index (χ1) is 8.18. The number of aromatic nitrogens is 1. The maximum atomic E-state index is 11.9. The Kier molecular flexibility index (Phi) is 3.51. The molecule has 0 fully saturated rings. The number of pyridine rings is 1. The van der Waals surface area contributed by atoms with Crippen molar-refractivity contribution in [2.45, 2.75) is 11.4 Å². The van der Waals surface area contributed by atoms with E-state index in [0.717, 1.165) is 5.69 Å². The molecule has 0 spiro atoms. The summed E-state index contributed by atoms with van der Waals surface area (Å²) in [6, 6.07) is 13.8. The molecule has 0 aliphatic heterocycles. The van der Waals surface area contributed by atoms with E-state index in [-0.39, 0.29) is 11.4 Å². The molecule has 0 radical (unpaired) electrons. The quantitative estimate of drug-likeness (QED) is 0.878. The predicted octanol–water partition coefficient (Wildman–Crippen LogP) is 0.979. The van der Waals surface area contributed by atoms with Crippen LogP contribution in [-0.4, -0.2) is 8.42 Å². The normalized spacial score (nSPS) is 11.3. The summed E-state index contributed by atoms with van der Waals surface area (Å²) in [5.74, 6) is 0. The molecule has 2 aromatic rings. The van der Waals surface area contributed by atoms with Crippen LogP contribution in [0.1, 0.15) is 5.69 Å². The van der Waals surface area contributed by atoms with Gasteiger partial charge in [0, 0.05) is 12.1 Å². The fourth-order valence-corrected chi connectivity index (χ4v) is 2.42. The van der Waals surface area contributed by atoms with E-state index in [1.165, 1.54) is 0 Å². The van der Waals surface area contributed by atoms with Crippen molar-refractivity contribution in [3.63, 3.8) is 0 Å². The van der Waals surface area contributed by atoms with Crippen molar-refractivity contribution in [1.82, 2.24) is 4.72 Å². The smallest absolute Gasteiger partial charge is 0.214 e. The Morgan fingerprint density at radius 1 is 1.00 bits per heavy atom. The minimum Gasteiger partial charge on any atom is -0.214 e. The molecule has 0 saturated heterocycles. The lowest BCUT2D eigenvalue weighted by Crippen LogP contribution is -2.26. The summed E-state index contributed by atoms with van der Waals surface area (Å²) in [7, 11) is -3.43. The average molecular weight is 249 g/mol. The molecule has 0 saturated carbocycles. The Bertz CT molecular complexity index is 568. The van der Waals surface area contributed by atoms with E-state index in [0.29, 0.717) is 0 Å². The van der Waals surface area contributed by atoms with Crippen LogP contribution in [0.15, 0.2) is 59.6 Å². The number of hydrogen-bond acceptors (Lipinski definition) is 2. The molecular formula is C12H13N2O2S+. The highest BCUT2D eigenvalue weighted by atomic mass is 32.2. The third-order valence-corrected chi connectivity index (χ3v) is 3.70. The van der Waals surface area contributed by atoms with Crippen LogP contribution in [0.4, 0.5) is 0 Å². The Balaban J connectivity index is 2.09. The van der Waals surface area contributed by atoms with Crippen LogP contribution in [0, 0.1) is 0 Å². The van der Waals surface area contributed by atoms with E-state index >= 15 is 0 Å². The molecule has 1 aromatic heterocycles. The second kappa shape index (κ2) is 5.07. The fraction of sp³-hybridized carbons (Fsp3) is 0.0833. The van der Waals surface area contributed by atoms with E-state index in [1.807, 2.05) is 18.2 Å². The van der Waals surface area contributed by atoms with Crippen molar-refractivity contribution >= 4 is 10.0 Å². The van der Waals surface area contributed by atoms with Gasteiger partial charge in [-0.25, -0.2) is 18.1 Å². The maximum Gasteiger partial charge on any atom is 0.241 e. The van der Waals surface area contributed by atoms with Crippen LogP contribution in [-0.2, 0) is 16.6 Å². The summed E-state index contributed by atoms with van der Waals surface area (Å²) in [4.78, 5) is 3.24. The van der Waals surface area contributed by atoms with Crippen LogP contribution in [0.2, 0.25) is 0 Å². The molecule has 0 unspecified atom stereocenters. The van der Waals surface area contributed by atoms with Gasteiger partial charge in [0.15, 0.2) is 11.9 Å². The molecule has 1 heterocycles. The first-order valence-electron chi connectivity index (χ1n) is 5.19. The summed E-state index contributed by atoms with van der Waals surface area (Å²) in [5.41, 5.74) is 0.812. The number of rotatable bonds is 4. The van der Waals surface area contributed by atoms with E-state index in [2.05, 4.69) is 9.71 Å². The minimum atomic E-state index is -3.43. The summed E-state index contributed by atoms with van der Waals surface area (Å²) in [6.07, 6.45) is 1.76. The van der Waals surface area contributed by atoms with Crippen molar-refractivity contribution in [2.24, 2.45) is 0 Å². The van der Waals surface area contributed by atoms with E-state index in [9.17, 15) is 8.42 Å². The molecular weight excluding hydrogens is 236 g/mol. The second-order valence-corrected chi connectivity index (χ2v) is 5.29. The van der Waals surface area contributed by atoms with Gasteiger partial charge < -0.3 is 0 Å². The molecule has 4 nitrogen and oxygen atoms in total. The standard InChI is InChI=1S/C12H12N2O2S/c15-17(16,12-7-2-1-3-8-12)14-10-11-6-4-5-9-13-11/h1-9,14H,10H2/p+1. The van der Waals surface area contributed by atoms with Gasteiger partial charge in [0.25, 0.3) is 0 Å². The lowest BCUT2D eigenvalue weighted by atomic mass is 10.4. The predicted molar refractivity (Wildman–Crippen MR) is 63.5 cm³/mol. The van der Waals surface area contributed by atoms with Gasteiger partial charge >= 0.3 is 0 Å². The third-order valence-electron chi connectivity index (χ3n) is 2.28. The lowest BCUT2D eigenvalue weighted by molar-refractivity contribution is -0.390. The highest BCUT2D eigenvalue weighted by molar-refractivity contribution is 7.89. The van der Waals surface area contributed by atoms with E-state index in [4.69, 9.17) is 0 Å².